The molecule has 166 valence electrons. The first-order valence-corrected chi connectivity index (χ1v) is 12.2. The smallest absolute Gasteiger partial charge is 0.261 e. The zero-order valence-corrected chi connectivity index (χ0v) is 18.9. The average molecular weight is 442 g/mol. The third-order valence-electron chi connectivity index (χ3n) is 6.57. The maximum absolute atomic E-state index is 13.1. The van der Waals surface area contributed by atoms with Crippen molar-refractivity contribution in [3.63, 3.8) is 0 Å². The Bertz CT molecular complexity index is 962. The van der Waals surface area contributed by atoms with Gasteiger partial charge < -0.3 is 15.5 Å². The van der Waals surface area contributed by atoms with Gasteiger partial charge in [0.05, 0.1) is 4.88 Å². The van der Waals surface area contributed by atoms with E-state index in [1.165, 1.54) is 10.9 Å². The molecule has 3 amide bonds. The minimum atomic E-state index is -0.0248. The normalized spacial score (nSPS) is 21.5. The summed E-state index contributed by atoms with van der Waals surface area (Å²) >= 11 is 1.57. The van der Waals surface area contributed by atoms with E-state index < -0.39 is 0 Å². The molecule has 31 heavy (non-hydrogen) atoms. The molecule has 1 aliphatic heterocycles. The van der Waals surface area contributed by atoms with Gasteiger partial charge in [-0.15, -0.1) is 11.3 Å². The fourth-order valence-corrected chi connectivity index (χ4v) is 6.11. The van der Waals surface area contributed by atoms with Crippen molar-refractivity contribution in [2.45, 2.75) is 51.4 Å². The van der Waals surface area contributed by atoms with E-state index in [1.54, 1.807) is 18.3 Å². The molecule has 0 unspecified atom stereocenters. The minimum Gasteiger partial charge on any atom is -0.356 e. The number of hydrogen-bond donors (Lipinski definition) is 2. The van der Waals surface area contributed by atoms with Crippen LogP contribution in [-0.4, -0.2) is 48.8 Å². The Morgan fingerprint density at radius 1 is 1.13 bits per heavy atom. The molecule has 2 fully saturated rings. The molecule has 2 aliphatic rings. The molecule has 7 heteroatoms. The van der Waals surface area contributed by atoms with Gasteiger partial charge in [0.2, 0.25) is 11.8 Å². The molecule has 2 aromatic rings. The van der Waals surface area contributed by atoms with Crippen LogP contribution in [0.15, 0.2) is 24.3 Å². The monoisotopic (exact) mass is 441 g/mol. The number of amides is 3. The van der Waals surface area contributed by atoms with Gasteiger partial charge in [-0.3, -0.25) is 14.4 Å². The van der Waals surface area contributed by atoms with Gasteiger partial charge in [-0.25, -0.2) is 0 Å². The van der Waals surface area contributed by atoms with Gasteiger partial charge in [0.1, 0.15) is 0 Å². The molecule has 6 nitrogen and oxygen atoms in total. The Balaban J connectivity index is 1.45. The molecule has 4 rings (SSSR count). The first kappa shape index (κ1) is 21.8. The third-order valence-corrected chi connectivity index (χ3v) is 7.76. The summed E-state index contributed by atoms with van der Waals surface area (Å²) in [6.07, 6.45) is 5.73. The van der Waals surface area contributed by atoms with Gasteiger partial charge >= 0.3 is 0 Å². The van der Waals surface area contributed by atoms with Crippen molar-refractivity contribution in [2.75, 3.05) is 26.2 Å². The Kier molecular flexibility index (Phi) is 6.90. The molecule has 0 radical (unpaired) electrons. The van der Waals surface area contributed by atoms with E-state index in [9.17, 15) is 14.4 Å². The summed E-state index contributed by atoms with van der Waals surface area (Å²) in [5, 5.41) is 7.20. The molecule has 1 saturated heterocycles. The number of likely N-dealkylation sites (tertiary alicyclic amines) is 1. The van der Waals surface area contributed by atoms with E-state index in [1.807, 2.05) is 17.0 Å². The van der Waals surface area contributed by atoms with Crippen LogP contribution in [0.2, 0.25) is 0 Å². The number of hydrogen-bond acceptors (Lipinski definition) is 4. The Labute approximate surface area is 187 Å². The molecule has 1 aliphatic carbocycles. The lowest BCUT2D eigenvalue weighted by atomic mass is 9.77. The highest BCUT2D eigenvalue weighted by molar-refractivity contribution is 7.21. The summed E-state index contributed by atoms with van der Waals surface area (Å²) in [4.78, 5) is 38.8. The molecular formula is C24H31N3O3S. The standard InChI is InChI=1S/C24H31N3O3S/c1-16(28)26-15-17-8-10-18(11-9-17)22-19-5-2-3-6-20(19)31-23(22)24(30)25-12-14-27-13-4-7-21(27)29/h2-3,5-6,17-18H,4,7-15H2,1H3,(H,25,30)(H,26,28). The highest BCUT2D eigenvalue weighted by Gasteiger charge is 2.29. The average Bonchev–Trinajstić information content (AvgIpc) is 3.36. The van der Waals surface area contributed by atoms with E-state index in [0.29, 0.717) is 31.3 Å². The molecule has 2 N–H and O–H groups in total. The van der Waals surface area contributed by atoms with Gasteiger partial charge in [-0.05, 0) is 61.0 Å². The van der Waals surface area contributed by atoms with Crippen molar-refractivity contribution in [3.05, 3.63) is 34.7 Å². The molecule has 0 atom stereocenters. The van der Waals surface area contributed by atoms with Crippen LogP contribution in [0.3, 0.4) is 0 Å². The van der Waals surface area contributed by atoms with Crippen molar-refractivity contribution in [3.8, 4) is 0 Å². The number of carbonyl (C=O) groups excluding carboxylic acids is 3. The van der Waals surface area contributed by atoms with Crippen molar-refractivity contribution >= 4 is 39.1 Å². The molecule has 1 saturated carbocycles. The number of thiophene rings is 1. The second-order valence-electron chi connectivity index (χ2n) is 8.74. The highest BCUT2D eigenvalue weighted by atomic mass is 32.1. The first-order chi connectivity index (χ1) is 15.0. The van der Waals surface area contributed by atoms with E-state index in [4.69, 9.17) is 0 Å². The van der Waals surface area contributed by atoms with Crippen LogP contribution in [-0.2, 0) is 9.59 Å². The number of nitrogens with one attached hydrogen (secondary N) is 2. The first-order valence-electron chi connectivity index (χ1n) is 11.3. The van der Waals surface area contributed by atoms with Gasteiger partial charge in [0.25, 0.3) is 5.91 Å². The maximum Gasteiger partial charge on any atom is 0.261 e. The largest absolute Gasteiger partial charge is 0.356 e. The fourth-order valence-electron chi connectivity index (χ4n) is 4.91. The van der Waals surface area contributed by atoms with Gasteiger partial charge in [-0.2, -0.15) is 0 Å². The van der Waals surface area contributed by atoms with E-state index in [-0.39, 0.29) is 17.7 Å². The zero-order valence-electron chi connectivity index (χ0n) is 18.1. The number of rotatable bonds is 7. The van der Waals surface area contributed by atoms with E-state index in [2.05, 4.69) is 22.8 Å². The number of fused-ring (bicyclic) bond motifs is 1. The predicted octanol–water partition coefficient (Wildman–Crippen LogP) is 3.66. The molecule has 1 aromatic heterocycles. The topological polar surface area (TPSA) is 78.5 Å². The second kappa shape index (κ2) is 9.81. The fraction of sp³-hybridized carbons (Fsp3) is 0.542. The van der Waals surface area contributed by atoms with Crippen LogP contribution < -0.4 is 10.6 Å². The van der Waals surface area contributed by atoms with Crippen LogP contribution in [0.1, 0.15) is 66.6 Å². The van der Waals surface area contributed by atoms with Crippen LogP contribution >= 0.6 is 11.3 Å². The quantitative estimate of drug-likeness (QED) is 0.688. The van der Waals surface area contributed by atoms with Gasteiger partial charge in [0, 0.05) is 44.2 Å². The Morgan fingerprint density at radius 3 is 2.61 bits per heavy atom. The summed E-state index contributed by atoms with van der Waals surface area (Å²) in [5.74, 6) is 1.07. The molecule has 0 bridgehead atoms. The van der Waals surface area contributed by atoms with Crippen LogP contribution in [0.5, 0.6) is 0 Å². The molecule has 2 heterocycles. The van der Waals surface area contributed by atoms with E-state index >= 15 is 0 Å². The minimum absolute atomic E-state index is 0.0248. The SMILES string of the molecule is CC(=O)NCC1CCC(c2c(C(=O)NCCN3CCCC3=O)sc3ccccc23)CC1. The number of nitrogens with zero attached hydrogens (tertiary/aromatic N) is 1. The summed E-state index contributed by atoms with van der Waals surface area (Å²) in [5.41, 5.74) is 1.19. The Hall–Kier alpha value is -2.41. The zero-order chi connectivity index (χ0) is 21.8. The highest BCUT2D eigenvalue weighted by Crippen LogP contribution is 2.43. The summed E-state index contributed by atoms with van der Waals surface area (Å²) in [6, 6.07) is 8.28. The van der Waals surface area contributed by atoms with Crippen molar-refractivity contribution in [2.24, 2.45) is 5.92 Å². The van der Waals surface area contributed by atoms with Crippen molar-refractivity contribution in [1.82, 2.24) is 15.5 Å². The van der Waals surface area contributed by atoms with Gasteiger partial charge in [-0.1, -0.05) is 18.2 Å². The summed E-state index contributed by atoms with van der Waals surface area (Å²) in [7, 11) is 0. The molecule has 0 spiro atoms. The number of benzene rings is 1. The number of carbonyl (C=O) groups is 3. The lowest BCUT2D eigenvalue weighted by molar-refractivity contribution is -0.127. The molecular weight excluding hydrogens is 410 g/mol. The van der Waals surface area contributed by atoms with Crippen LogP contribution in [0.4, 0.5) is 0 Å². The third kappa shape index (κ3) is 5.09. The van der Waals surface area contributed by atoms with Gasteiger partial charge in [0.15, 0.2) is 0 Å². The molecule has 1 aromatic carbocycles. The lowest BCUT2D eigenvalue weighted by Crippen LogP contribution is -2.35. The lowest BCUT2D eigenvalue weighted by Gasteiger charge is -2.29. The maximum atomic E-state index is 13.1. The summed E-state index contributed by atoms with van der Waals surface area (Å²) < 4.78 is 1.15. The predicted molar refractivity (Wildman–Crippen MR) is 123 cm³/mol. The van der Waals surface area contributed by atoms with Crippen molar-refractivity contribution in [1.29, 1.82) is 0 Å². The summed E-state index contributed by atoms with van der Waals surface area (Å²) in [6.45, 7) is 4.17. The van der Waals surface area contributed by atoms with Crippen molar-refractivity contribution < 1.29 is 14.4 Å². The Morgan fingerprint density at radius 2 is 1.90 bits per heavy atom. The second-order valence-corrected chi connectivity index (χ2v) is 9.79. The van der Waals surface area contributed by atoms with Crippen LogP contribution in [0.25, 0.3) is 10.1 Å². The van der Waals surface area contributed by atoms with E-state index in [0.717, 1.165) is 54.8 Å². The van der Waals surface area contributed by atoms with Crippen LogP contribution in [0, 0.1) is 5.92 Å².